The van der Waals surface area contributed by atoms with Gasteiger partial charge in [0.2, 0.25) is 12.5 Å². The molecule has 1 aliphatic rings. The molecule has 64 valence electrons. The quantitative estimate of drug-likeness (QED) is 0.623. The summed E-state index contributed by atoms with van der Waals surface area (Å²) in [5, 5.41) is 0.358. The van der Waals surface area contributed by atoms with Gasteiger partial charge < -0.3 is 9.47 Å². The Labute approximate surface area is 73.9 Å². The summed E-state index contributed by atoms with van der Waals surface area (Å²) in [6.07, 6.45) is 0. The Bertz CT molecular complexity index is 338. The number of halogens is 2. The topological polar surface area (TPSA) is 18.5 Å². The molecule has 2 rings (SSSR count). The van der Waals surface area contributed by atoms with Gasteiger partial charge in [0.15, 0.2) is 11.6 Å². The molecule has 0 aliphatic carbocycles. The molecule has 0 bridgehead atoms. The van der Waals surface area contributed by atoms with Gasteiger partial charge in [0.25, 0.3) is 0 Å². The molecule has 0 unspecified atom stereocenters. The molecular formula is C8H6ClFO2. The largest absolute Gasteiger partial charge is 0.453 e. The third-order valence-electron chi connectivity index (χ3n) is 1.79. The van der Waals surface area contributed by atoms with Crippen LogP contribution in [0.5, 0.6) is 11.5 Å². The van der Waals surface area contributed by atoms with Gasteiger partial charge in [-0.25, -0.2) is 4.39 Å². The molecule has 0 amide bonds. The fourth-order valence-electron chi connectivity index (χ4n) is 1.07. The fraction of sp³-hybridized carbons (Fsp3) is 0.250. The van der Waals surface area contributed by atoms with Crippen molar-refractivity contribution < 1.29 is 13.9 Å². The zero-order valence-corrected chi connectivity index (χ0v) is 7.11. The zero-order valence-electron chi connectivity index (χ0n) is 6.36. The van der Waals surface area contributed by atoms with Crippen molar-refractivity contribution in [3.05, 3.63) is 22.5 Å². The zero-order chi connectivity index (χ0) is 8.72. The highest BCUT2D eigenvalue weighted by atomic mass is 35.5. The Balaban J connectivity index is 2.67. The molecular weight excluding hydrogens is 183 g/mol. The maximum Gasteiger partial charge on any atom is 0.231 e. The summed E-state index contributed by atoms with van der Waals surface area (Å²) in [7, 11) is 0. The minimum Gasteiger partial charge on any atom is -0.453 e. The van der Waals surface area contributed by atoms with Crippen molar-refractivity contribution in [2.45, 2.75) is 6.92 Å². The van der Waals surface area contributed by atoms with E-state index in [-0.39, 0.29) is 12.5 Å². The van der Waals surface area contributed by atoms with E-state index in [1.807, 2.05) is 0 Å². The van der Waals surface area contributed by atoms with Gasteiger partial charge in [0.05, 0.1) is 5.02 Å². The highest BCUT2D eigenvalue weighted by Crippen LogP contribution is 2.39. The van der Waals surface area contributed by atoms with Crippen LogP contribution in [0.25, 0.3) is 0 Å². The van der Waals surface area contributed by atoms with Crippen molar-refractivity contribution in [1.82, 2.24) is 0 Å². The molecule has 0 saturated heterocycles. The molecule has 0 N–H and O–H groups in total. The predicted molar refractivity (Wildman–Crippen MR) is 42.3 cm³/mol. The van der Waals surface area contributed by atoms with Crippen molar-refractivity contribution in [1.29, 1.82) is 0 Å². The van der Waals surface area contributed by atoms with E-state index in [4.69, 9.17) is 21.1 Å². The molecule has 0 aromatic heterocycles. The maximum absolute atomic E-state index is 13.3. The van der Waals surface area contributed by atoms with Gasteiger partial charge >= 0.3 is 0 Å². The van der Waals surface area contributed by atoms with Gasteiger partial charge in [0.1, 0.15) is 0 Å². The first-order valence-electron chi connectivity index (χ1n) is 3.44. The molecule has 0 fully saturated rings. The van der Waals surface area contributed by atoms with E-state index in [1.54, 1.807) is 13.0 Å². The summed E-state index contributed by atoms with van der Waals surface area (Å²) < 4.78 is 23.2. The van der Waals surface area contributed by atoms with Crippen molar-refractivity contribution in [2.24, 2.45) is 0 Å². The fourth-order valence-corrected chi connectivity index (χ4v) is 1.25. The lowest BCUT2D eigenvalue weighted by atomic mass is 10.2. The van der Waals surface area contributed by atoms with Crippen molar-refractivity contribution in [3.8, 4) is 11.5 Å². The Morgan fingerprint density at radius 3 is 3.00 bits per heavy atom. The SMILES string of the molecule is Cc1c(Cl)cc2c(c1F)OCO2. The first-order chi connectivity index (χ1) is 5.70. The highest BCUT2D eigenvalue weighted by molar-refractivity contribution is 6.31. The minimum absolute atomic E-state index is 0.0615. The monoisotopic (exact) mass is 188 g/mol. The molecule has 1 aromatic rings. The minimum atomic E-state index is -0.435. The van der Waals surface area contributed by atoms with Crippen LogP contribution in [0.2, 0.25) is 5.02 Å². The lowest BCUT2D eigenvalue weighted by Crippen LogP contribution is -1.94. The van der Waals surface area contributed by atoms with Crippen LogP contribution in [0.1, 0.15) is 5.56 Å². The smallest absolute Gasteiger partial charge is 0.231 e. The van der Waals surface area contributed by atoms with Crippen LogP contribution in [0.4, 0.5) is 4.39 Å². The van der Waals surface area contributed by atoms with E-state index in [2.05, 4.69) is 0 Å². The van der Waals surface area contributed by atoms with Crippen molar-refractivity contribution in [2.75, 3.05) is 6.79 Å². The van der Waals surface area contributed by atoms with Crippen LogP contribution in [-0.2, 0) is 0 Å². The Kier molecular flexibility index (Phi) is 1.61. The summed E-state index contributed by atoms with van der Waals surface area (Å²) in [5.74, 6) is 0.106. The third-order valence-corrected chi connectivity index (χ3v) is 2.18. The standard InChI is InChI=1S/C8H6ClFO2/c1-4-5(9)2-6-8(7(4)10)12-3-11-6/h2H,3H2,1H3. The number of rotatable bonds is 0. The molecule has 0 radical (unpaired) electrons. The molecule has 0 saturated carbocycles. The van der Waals surface area contributed by atoms with Crippen LogP contribution in [0, 0.1) is 12.7 Å². The van der Waals surface area contributed by atoms with Crippen LogP contribution in [0.3, 0.4) is 0 Å². The van der Waals surface area contributed by atoms with Crippen LogP contribution >= 0.6 is 11.6 Å². The molecule has 1 aromatic carbocycles. The van der Waals surface area contributed by atoms with Crippen LogP contribution < -0.4 is 9.47 Å². The average molecular weight is 189 g/mol. The maximum atomic E-state index is 13.3. The second kappa shape index (κ2) is 2.52. The molecule has 0 atom stereocenters. The van der Waals surface area contributed by atoms with Gasteiger partial charge in [-0.15, -0.1) is 0 Å². The Hall–Kier alpha value is -0.960. The molecule has 4 heteroatoms. The van der Waals surface area contributed by atoms with Gasteiger partial charge in [-0.05, 0) is 6.92 Å². The van der Waals surface area contributed by atoms with Gasteiger partial charge in [-0.1, -0.05) is 11.6 Å². The lowest BCUT2D eigenvalue weighted by Gasteiger charge is -2.02. The van der Waals surface area contributed by atoms with Gasteiger partial charge in [0, 0.05) is 11.6 Å². The number of hydrogen-bond acceptors (Lipinski definition) is 2. The van der Waals surface area contributed by atoms with Crippen molar-refractivity contribution >= 4 is 11.6 Å². The van der Waals surface area contributed by atoms with Crippen LogP contribution in [0.15, 0.2) is 6.07 Å². The predicted octanol–water partition coefficient (Wildman–Crippen LogP) is 2.52. The summed E-state index contributed by atoms with van der Waals surface area (Å²) in [5.41, 5.74) is 0.390. The van der Waals surface area contributed by atoms with Gasteiger partial charge in [-0.3, -0.25) is 0 Å². The average Bonchev–Trinajstić information content (AvgIpc) is 2.48. The van der Waals surface area contributed by atoms with Crippen molar-refractivity contribution in [3.63, 3.8) is 0 Å². The number of fused-ring (bicyclic) bond motifs is 1. The summed E-state index contributed by atoms with van der Waals surface area (Å²) in [6, 6.07) is 1.56. The van der Waals surface area contributed by atoms with E-state index >= 15 is 0 Å². The number of benzene rings is 1. The van der Waals surface area contributed by atoms with E-state index < -0.39 is 5.82 Å². The van der Waals surface area contributed by atoms with E-state index in [0.717, 1.165) is 0 Å². The summed E-state index contributed by atoms with van der Waals surface area (Å²) in [4.78, 5) is 0. The second-order valence-corrected chi connectivity index (χ2v) is 2.94. The second-order valence-electron chi connectivity index (χ2n) is 2.53. The molecule has 2 nitrogen and oxygen atoms in total. The normalized spacial score (nSPS) is 13.6. The van der Waals surface area contributed by atoms with Crippen LogP contribution in [-0.4, -0.2) is 6.79 Å². The molecule has 1 heterocycles. The molecule has 0 spiro atoms. The van der Waals surface area contributed by atoms with E-state index in [0.29, 0.717) is 16.3 Å². The summed E-state index contributed by atoms with van der Waals surface area (Å²) >= 11 is 5.72. The first kappa shape index (κ1) is 7.68. The Morgan fingerprint density at radius 2 is 2.25 bits per heavy atom. The Morgan fingerprint density at radius 1 is 1.50 bits per heavy atom. The van der Waals surface area contributed by atoms with E-state index in [1.165, 1.54) is 0 Å². The highest BCUT2D eigenvalue weighted by Gasteiger charge is 2.21. The molecule has 12 heavy (non-hydrogen) atoms. The van der Waals surface area contributed by atoms with Gasteiger partial charge in [-0.2, -0.15) is 0 Å². The summed E-state index contributed by atoms with van der Waals surface area (Å²) in [6.45, 7) is 1.66. The lowest BCUT2D eigenvalue weighted by molar-refractivity contribution is 0.171. The first-order valence-corrected chi connectivity index (χ1v) is 3.82. The number of hydrogen-bond donors (Lipinski definition) is 0. The third kappa shape index (κ3) is 0.932. The van der Waals surface area contributed by atoms with E-state index in [9.17, 15) is 4.39 Å². The number of ether oxygens (including phenoxy) is 2. The molecule has 1 aliphatic heterocycles.